The second-order valence-corrected chi connectivity index (χ2v) is 7.69. The van der Waals surface area contributed by atoms with Crippen LogP contribution in [-0.2, 0) is 14.3 Å². The van der Waals surface area contributed by atoms with Crippen LogP contribution in [0, 0.1) is 0 Å². The summed E-state index contributed by atoms with van der Waals surface area (Å²) in [5, 5.41) is -0.362. The number of rotatable bonds is 10. The van der Waals surface area contributed by atoms with Crippen LogP contribution in [0.5, 0.6) is 0 Å². The molecule has 1 saturated heterocycles. The summed E-state index contributed by atoms with van der Waals surface area (Å²) in [7, 11) is -3.34. The molecule has 0 aromatic rings. The number of alkyl halides is 1. The van der Waals surface area contributed by atoms with E-state index in [0.29, 0.717) is 0 Å². The van der Waals surface area contributed by atoms with Crippen LogP contribution < -0.4 is 0 Å². The topological polar surface area (TPSA) is 43.4 Å². The first-order valence-corrected chi connectivity index (χ1v) is 9.61. The maximum atomic E-state index is 11.2. The van der Waals surface area contributed by atoms with Crippen LogP contribution >= 0.6 is 11.6 Å². The van der Waals surface area contributed by atoms with E-state index in [4.69, 9.17) is 15.8 Å². The second-order valence-electron chi connectivity index (χ2n) is 5.49. The molecule has 114 valence electrons. The van der Waals surface area contributed by atoms with Gasteiger partial charge < -0.3 is 0 Å². The molecular formula is C14H27ClO3S. The third kappa shape index (κ3) is 7.52. The summed E-state index contributed by atoms with van der Waals surface area (Å²) < 4.78 is 27.4. The molecule has 0 N–H and O–H groups in total. The van der Waals surface area contributed by atoms with E-state index in [0.717, 1.165) is 19.3 Å². The zero-order chi connectivity index (χ0) is 14.1. The first kappa shape index (κ1) is 17.3. The van der Waals surface area contributed by atoms with Crippen molar-refractivity contribution in [3.8, 4) is 0 Å². The Bertz CT molecular complexity index is 330. The minimum absolute atomic E-state index is 0.0311. The molecule has 0 saturated carbocycles. The van der Waals surface area contributed by atoms with Crippen LogP contribution in [0.2, 0.25) is 0 Å². The molecule has 0 radical (unpaired) electrons. The van der Waals surface area contributed by atoms with Crippen molar-refractivity contribution in [2.24, 2.45) is 0 Å². The summed E-state index contributed by atoms with van der Waals surface area (Å²) in [4.78, 5) is 0. The van der Waals surface area contributed by atoms with Gasteiger partial charge >= 0.3 is 0 Å². The molecule has 1 heterocycles. The SMILES string of the molecule is CCCCCCCCCCCC1OS(=O)(=O)CC1Cl. The Morgan fingerprint density at radius 1 is 1.00 bits per heavy atom. The fraction of sp³-hybridized carbons (Fsp3) is 1.00. The van der Waals surface area contributed by atoms with Gasteiger partial charge in [-0.3, -0.25) is 4.18 Å². The zero-order valence-corrected chi connectivity index (χ0v) is 13.5. The first-order chi connectivity index (χ1) is 9.05. The Labute approximate surface area is 123 Å². The minimum Gasteiger partial charge on any atom is -0.265 e. The van der Waals surface area contributed by atoms with Crippen molar-refractivity contribution < 1.29 is 12.6 Å². The highest BCUT2D eigenvalue weighted by Gasteiger charge is 2.36. The Balaban J connectivity index is 1.94. The molecule has 1 aliphatic rings. The monoisotopic (exact) mass is 310 g/mol. The van der Waals surface area contributed by atoms with Gasteiger partial charge in [0.1, 0.15) is 0 Å². The van der Waals surface area contributed by atoms with E-state index in [9.17, 15) is 8.42 Å². The fourth-order valence-corrected chi connectivity index (χ4v) is 4.47. The van der Waals surface area contributed by atoms with Crippen molar-refractivity contribution in [2.75, 3.05) is 5.75 Å². The van der Waals surface area contributed by atoms with Gasteiger partial charge in [-0.1, -0.05) is 64.7 Å². The lowest BCUT2D eigenvalue weighted by atomic mass is 10.0. The molecule has 2 atom stereocenters. The first-order valence-electron chi connectivity index (χ1n) is 7.60. The molecule has 1 rings (SSSR count). The lowest BCUT2D eigenvalue weighted by molar-refractivity contribution is 0.222. The van der Waals surface area contributed by atoms with E-state index < -0.39 is 10.1 Å². The molecule has 0 spiro atoms. The van der Waals surface area contributed by atoms with Crippen LogP contribution in [0.1, 0.15) is 71.1 Å². The average Bonchev–Trinajstić information content (AvgIpc) is 2.60. The second kappa shape index (κ2) is 9.19. The number of hydrogen-bond acceptors (Lipinski definition) is 3. The van der Waals surface area contributed by atoms with Gasteiger partial charge in [-0.15, -0.1) is 11.6 Å². The molecule has 3 nitrogen and oxygen atoms in total. The van der Waals surface area contributed by atoms with Crippen LogP contribution in [-0.4, -0.2) is 25.7 Å². The fourth-order valence-electron chi connectivity index (χ4n) is 2.48. The number of hydrogen-bond donors (Lipinski definition) is 0. The van der Waals surface area contributed by atoms with Crippen LogP contribution in [0.3, 0.4) is 0 Å². The van der Waals surface area contributed by atoms with Gasteiger partial charge in [0.05, 0.1) is 17.2 Å². The Morgan fingerprint density at radius 3 is 2.00 bits per heavy atom. The Kier molecular flexibility index (Phi) is 8.35. The summed E-state index contributed by atoms with van der Waals surface area (Å²) in [6, 6.07) is 0. The summed E-state index contributed by atoms with van der Waals surface area (Å²) in [6.07, 6.45) is 11.8. The predicted molar refractivity (Wildman–Crippen MR) is 80.1 cm³/mol. The molecule has 0 aliphatic carbocycles. The highest BCUT2D eigenvalue weighted by molar-refractivity contribution is 7.87. The molecule has 0 aromatic carbocycles. The van der Waals surface area contributed by atoms with Gasteiger partial charge in [-0.25, -0.2) is 0 Å². The van der Waals surface area contributed by atoms with Crippen molar-refractivity contribution in [2.45, 2.75) is 82.6 Å². The highest BCUT2D eigenvalue weighted by atomic mass is 35.5. The minimum atomic E-state index is -3.34. The van der Waals surface area contributed by atoms with Gasteiger partial charge in [0.2, 0.25) is 0 Å². The van der Waals surface area contributed by atoms with Crippen LogP contribution in [0.25, 0.3) is 0 Å². The standard InChI is InChI=1S/C14H27ClO3S/c1-2-3-4-5-6-7-8-9-10-11-14-13(15)12-19(16,17)18-14/h13-14H,2-12H2,1H3. The molecule has 2 unspecified atom stereocenters. The maximum absolute atomic E-state index is 11.2. The van der Waals surface area contributed by atoms with Gasteiger partial charge in [0.25, 0.3) is 10.1 Å². The molecule has 19 heavy (non-hydrogen) atoms. The van der Waals surface area contributed by atoms with Crippen LogP contribution in [0.15, 0.2) is 0 Å². The Hall–Kier alpha value is 0.200. The van der Waals surface area contributed by atoms with E-state index in [1.807, 2.05) is 0 Å². The van der Waals surface area contributed by atoms with Crippen molar-refractivity contribution in [3.05, 3.63) is 0 Å². The summed E-state index contributed by atoms with van der Waals surface area (Å²) in [5.74, 6) is -0.0311. The predicted octanol–water partition coefficient (Wildman–Crippen LogP) is 4.24. The Morgan fingerprint density at radius 2 is 1.53 bits per heavy atom. The largest absolute Gasteiger partial charge is 0.269 e. The van der Waals surface area contributed by atoms with Crippen molar-refractivity contribution in [1.29, 1.82) is 0 Å². The van der Waals surface area contributed by atoms with Gasteiger partial charge in [0, 0.05) is 0 Å². The normalized spacial score (nSPS) is 25.8. The lowest BCUT2D eigenvalue weighted by Crippen LogP contribution is -2.17. The maximum Gasteiger partial charge on any atom is 0.269 e. The van der Waals surface area contributed by atoms with Crippen LogP contribution in [0.4, 0.5) is 0 Å². The van der Waals surface area contributed by atoms with E-state index in [2.05, 4.69) is 6.92 Å². The molecule has 5 heteroatoms. The van der Waals surface area contributed by atoms with E-state index >= 15 is 0 Å². The van der Waals surface area contributed by atoms with Crippen molar-refractivity contribution in [1.82, 2.24) is 0 Å². The third-order valence-corrected chi connectivity index (χ3v) is 5.56. The van der Waals surface area contributed by atoms with Gasteiger partial charge in [0.15, 0.2) is 0 Å². The van der Waals surface area contributed by atoms with Crippen molar-refractivity contribution in [3.63, 3.8) is 0 Å². The molecular weight excluding hydrogens is 284 g/mol. The third-order valence-electron chi connectivity index (χ3n) is 3.63. The van der Waals surface area contributed by atoms with E-state index in [-0.39, 0.29) is 17.2 Å². The molecule has 0 aromatic heterocycles. The summed E-state index contributed by atoms with van der Waals surface area (Å²) >= 11 is 5.97. The number of unbranched alkanes of at least 4 members (excludes halogenated alkanes) is 8. The average molecular weight is 311 g/mol. The quantitative estimate of drug-likeness (QED) is 0.344. The molecule has 0 amide bonds. The van der Waals surface area contributed by atoms with Gasteiger partial charge in [-0.05, 0) is 6.42 Å². The van der Waals surface area contributed by atoms with E-state index in [1.54, 1.807) is 0 Å². The van der Waals surface area contributed by atoms with Gasteiger partial charge in [-0.2, -0.15) is 8.42 Å². The molecule has 0 bridgehead atoms. The van der Waals surface area contributed by atoms with Crippen molar-refractivity contribution >= 4 is 21.7 Å². The molecule has 1 fully saturated rings. The number of halogens is 1. The smallest absolute Gasteiger partial charge is 0.265 e. The summed E-state index contributed by atoms with van der Waals surface area (Å²) in [6.45, 7) is 2.23. The molecule has 1 aliphatic heterocycles. The lowest BCUT2D eigenvalue weighted by Gasteiger charge is -2.10. The highest BCUT2D eigenvalue weighted by Crippen LogP contribution is 2.26. The summed E-state index contributed by atoms with van der Waals surface area (Å²) in [5.41, 5.74) is 0. The zero-order valence-electron chi connectivity index (χ0n) is 11.9. The van der Waals surface area contributed by atoms with E-state index in [1.165, 1.54) is 44.9 Å².